The molecular weight excluding hydrogens is 426 g/mol. The third-order valence-corrected chi connectivity index (χ3v) is 7.00. The fraction of sp³-hybridized carbons (Fsp3) is 0.440. The van der Waals surface area contributed by atoms with E-state index in [0.717, 1.165) is 37.0 Å². The largest absolute Gasteiger partial charge is 0.507 e. The maximum atomic E-state index is 13.2. The molecule has 2 aliphatic rings. The second-order valence-corrected chi connectivity index (χ2v) is 9.02. The standard InChI is InChI=1S/C25H29NO5S/c1-3-30-17-12-13-18(19(15-17)31-4-2)23(27)21-22(20-11-8-14-32-20)26(25(29)24(21)28)16-9-6-5-7-10-16/h8,11-16,22,27H,3-7,9-10H2,1-2H3/b23-21-. The molecule has 1 saturated carbocycles. The van der Waals surface area contributed by atoms with Crippen LogP contribution in [0, 0.1) is 0 Å². The van der Waals surface area contributed by atoms with Crippen LogP contribution in [0.3, 0.4) is 0 Å². The smallest absolute Gasteiger partial charge is 0.295 e. The molecule has 2 aromatic rings. The second kappa shape index (κ2) is 9.77. The van der Waals surface area contributed by atoms with Gasteiger partial charge in [0.25, 0.3) is 11.7 Å². The van der Waals surface area contributed by atoms with Crippen molar-refractivity contribution in [1.82, 2.24) is 4.90 Å². The van der Waals surface area contributed by atoms with Crippen LogP contribution in [0.4, 0.5) is 0 Å². The van der Waals surface area contributed by atoms with Gasteiger partial charge in [0.15, 0.2) is 0 Å². The zero-order valence-electron chi connectivity index (χ0n) is 18.5. The number of carbonyl (C=O) groups excluding carboxylic acids is 2. The van der Waals surface area contributed by atoms with E-state index < -0.39 is 17.7 Å². The highest BCUT2D eigenvalue weighted by molar-refractivity contribution is 7.10. The Morgan fingerprint density at radius 2 is 1.84 bits per heavy atom. The van der Waals surface area contributed by atoms with Crippen molar-refractivity contribution in [1.29, 1.82) is 0 Å². The number of thiophene rings is 1. The van der Waals surface area contributed by atoms with E-state index in [1.807, 2.05) is 31.4 Å². The number of Topliss-reactive ketones (excluding diaryl/α,β-unsaturated/α-hetero) is 1. The summed E-state index contributed by atoms with van der Waals surface area (Å²) in [5.74, 6) is -0.329. The Morgan fingerprint density at radius 3 is 2.50 bits per heavy atom. The van der Waals surface area contributed by atoms with Crippen molar-refractivity contribution in [3.63, 3.8) is 0 Å². The lowest BCUT2D eigenvalue weighted by molar-refractivity contribution is -0.141. The summed E-state index contributed by atoms with van der Waals surface area (Å²) in [5, 5.41) is 13.3. The van der Waals surface area contributed by atoms with Crippen LogP contribution in [0.2, 0.25) is 0 Å². The van der Waals surface area contributed by atoms with Crippen LogP contribution >= 0.6 is 11.3 Å². The van der Waals surface area contributed by atoms with Gasteiger partial charge in [-0.1, -0.05) is 25.3 Å². The number of aliphatic hydroxyl groups is 1. The Balaban J connectivity index is 1.84. The van der Waals surface area contributed by atoms with Gasteiger partial charge in [-0.05, 0) is 50.3 Å². The van der Waals surface area contributed by atoms with Crippen LogP contribution in [-0.4, -0.2) is 41.0 Å². The molecule has 0 spiro atoms. The fourth-order valence-corrected chi connectivity index (χ4v) is 5.52. The summed E-state index contributed by atoms with van der Waals surface area (Å²) < 4.78 is 11.3. The summed E-state index contributed by atoms with van der Waals surface area (Å²) >= 11 is 1.49. The highest BCUT2D eigenvalue weighted by Crippen LogP contribution is 2.45. The third-order valence-electron chi connectivity index (χ3n) is 6.08. The first-order valence-electron chi connectivity index (χ1n) is 11.3. The Labute approximate surface area is 192 Å². The van der Waals surface area contributed by atoms with Crippen molar-refractivity contribution in [2.45, 2.75) is 58.0 Å². The summed E-state index contributed by atoms with van der Waals surface area (Å²) in [6.45, 7) is 4.63. The van der Waals surface area contributed by atoms with Crippen LogP contribution in [0.1, 0.15) is 62.4 Å². The number of aliphatic hydroxyl groups excluding tert-OH is 1. The number of benzene rings is 1. The first-order chi connectivity index (χ1) is 15.6. The summed E-state index contributed by atoms with van der Waals surface area (Å²) in [4.78, 5) is 29.0. The number of ketones is 1. The third kappa shape index (κ3) is 4.13. The van der Waals surface area contributed by atoms with Gasteiger partial charge in [0.2, 0.25) is 0 Å². The van der Waals surface area contributed by atoms with Crippen molar-refractivity contribution in [3.05, 3.63) is 51.7 Å². The number of hydrogen-bond acceptors (Lipinski definition) is 6. The molecule has 2 heterocycles. The predicted octanol–water partition coefficient (Wildman–Crippen LogP) is 5.30. The van der Waals surface area contributed by atoms with E-state index in [0.29, 0.717) is 30.3 Å². The maximum absolute atomic E-state index is 13.2. The molecule has 1 unspecified atom stereocenters. The van der Waals surface area contributed by atoms with Crippen molar-refractivity contribution in [2.75, 3.05) is 13.2 Å². The van der Waals surface area contributed by atoms with Gasteiger partial charge in [0, 0.05) is 17.0 Å². The fourth-order valence-electron chi connectivity index (χ4n) is 4.69. The average Bonchev–Trinajstić information content (AvgIpc) is 3.42. The minimum absolute atomic E-state index is 0.00397. The van der Waals surface area contributed by atoms with Gasteiger partial charge >= 0.3 is 0 Å². The van der Waals surface area contributed by atoms with Gasteiger partial charge < -0.3 is 19.5 Å². The molecule has 2 fully saturated rings. The van der Waals surface area contributed by atoms with E-state index in [2.05, 4.69) is 0 Å². The Morgan fingerprint density at radius 1 is 1.09 bits per heavy atom. The van der Waals surface area contributed by atoms with E-state index >= 15 is 0 Å². The van der Waals surface area contributed by atoms with Crippen LogP contribution in [0.5, 0.6) is 11.5 Å². The Kier molecular flexibility index (Phi) is 6.84. The molecule has 1 aromatic carbocycles. The molecule has 32 heavy (non-hydrogen) atoms. The van der Waals surface area contributed by atoms with E-state index in [9.17, 15) is 14.7 Å². The number of amides is 1. The molecule has 1 saturated heterocycles. The molecule has 1 aromatic heterocycles. The summed E-state index contributed by atoms with van der Waals surface area (Å²) in [6.07, 6.45) is 4.98. The normalized spacial score (nSPS) is 21.2. The van der Waals surface area contributed by atoms with Crippen molar-refractivity contribution >= 4 is 28.8 Å². The van der Waals surface area contributed by atoms with Crippen molar-refractivity contribution in [3.8, 4) is 11.5 Å². The molecule has 7 heteroatoms. The van der Waals surface area contributed by atoms with Crippen LogP contribution in [0.25, 0.3) is 5.76 Å². The number of nitrogens with zero attached hydrogens (tertiary/aromatic N) is 1. The lowest BCUT2D eigenvalue weighted by Crippen LogP contribution is -2.40. The quantitative estimate of drug-likeness (QED) is 0.348. The highest BCUT2D eigenvalue weighted by atomic mass is 32.1. The van der Waals surface area contributed by atoms with E-state index in [4.69, 9.17) is 9.47 Å². The van der Waals surface area contributed by atoms with Gasteiger partial charge in [0.1, 0.15) is 17.3 Å². The van der Waals surface area contributed by atoms with Crippen LogP contribution in [-0.2, 0) is 9.59 Å². The topological polar surface area (TPSA) is 76.1 Å². The monoisotopic (exact) mass is 455 g/mol. The molecule has 4 rings (SSSR count). The Hall–Kier alpha value is -2.80. The molecule has 1 aliphatic heterocycles. The first-order valence-corrected chi connectivity index (χ1v) is 12.2. The zero-order chi connectivity index (χ0) is 22.7. The first kappa shape index (κ1) is 22.4. The van der Waals surface area contributed by atoms with Gasteiger partial charge in [-0.2, -0.15) is 0 Å². The molecule has 170 valence electrons. The predicted molar refractivity (Wildman–Crippen MR) is 124 cm³/mol. The number of hydrogen-bond donors (Lipinski definition) is 1. The van der Waals surface area contributed by atoms with Crippen molar-refractivity contribution < 1.29 is 24.2 Å². The average molecular weight is 456 g/mol. The van der Waals surface area contributed by atoms with E-state index in [1.165, 1.54) is 11.3 Å². The summed E-state index contributed by atoms with van der Waals surface area (Å²) in [6, 6.07) is 8.38. The molecule has 1 aliphatic carbocycles. The molecule has 0 bridgehead atoms. The molecule has 1 amide bonds. The van der Waals surface area contributed by atoms with Gasteiger partial charge in [-0.15, -0.1) is 11.3 Å². The van der Waals surface area contributed by atoms with Crippen LogP contribution < -0.4 is 9.47 Å². The lowest BCUT2D eigenvalue weighted by Gasteiger charge is -2.34. The molecule has 1 atom stereocenters. The van der Waals surface area contributed by atoms with Crippen LogP contribution in [0.15, 0.2) is 41.3 Å². The van der Waals surface area contributed by atoms with Gasteiger partial charge in [-0.3, -0.25) is 9.59 Å². The lowest BCUT2D eigenvalue weighted by atomic mass is 9.92. The van der Waals surface area contributed by atoms with Gasteiger partial charge in [-0.25, -0.2) is 0 Å². The zero-order valence-corrected chi connectivity index (χ0v) is 19.3. The molecule has 1 N–H and O–H groups in total. The second-order valence-electron chi connectivity index (χ2n) is 8.04. The summed E-state index contributed by atoms with van der Waals surface area (Å²) in [5.41, 5.74) is 0.520. The summed E-state index contributed by atoms with van der Waals surface area (Å²) in [7, 11) is 0. The molecule has 0 radical (unpaired) electrons. The minimum Gasteiger partial charge on any atom is -0.507 e. The minimum atomic E-state index is -0.636. The highest BCUT2D eigenvalue weighted by Gasteiger charge is 2.49. The van der Waals surface area contributed by atoms with Crippen molar-refractivity contribution in [2.24, 2.45) is 0 Å². The van der Waals surface area contributed by atoms with E-state index in [1.54, 1.807) is 23.1 Å². The molecular formula is C25H29NO5S. The number of carbonyl (C=O) groups is 2. The SMILES string of the molecule is CCOc1ccc(/C(O)=C2/C(=O)C(=O)N(C3CCCCC3)C2c2cccs2)c(OCC)c1. The number of rotatable bonds is 7. The van der Waals surface area contributed by atoms with Gasteiger partial charge in [0.05, 0.1) is 30.4 Å². The number of ether oxygens (including phenoxy) is 2. The number of likely N-dealkylation sites (tertiary alicyclic amines) is 1. The van der Waals surface area contributed by atoms with E-state index in [-0.39, 0.29) is 17.4 Å². The Bertz CT molecular complexity index is 1010. The maximum Gasteiger partial charge on any atom is 0.295 e. The molecule has 6 nitrogen and oxygen atoms in total.